The predicted octanol–water partition coefficient (Wildman–Crippen LogP) is 5.09. The molecule has 8 nitrogen and oxygen atoms in total. The summed E-state index contributed by atoms with van der Waals surface area (Å²) in [4.78, 5) is 21.3. The number of carbonyl (C=O) groups excluding carboxylic acids is 1. The third-order valence-electron chi connectivity index (χ3n) is 6.10. The van der Waals surface area contributed by atoms with Crippen LogP contribution in [0.5, 0.6) is 5.75 Å². The number of nitrogens with zero attached hydrogens (tertiary/aromatic N) is 5. The molecular formula is C28H22N6O2S. The summed E-state index contributed by atoms with van der Waals surface area (Å²) in [6.45, 7) is 3.17. The van der Waals surface area contributed by atoms with Crippen LogP contribution in [-0.4, -0.2) is 43.1 Å². The van der Waals surface area contributed by atoms with Crippen LogP contribution >= 0.6 is 11.8 Å². The number of hydrogen-bond donors (Lipinski definition) is 1. The minimum Gasteiger partial charge on any atom is -0.492 e. The molecule has 0 spiro atoms. The predicted molar refractivity (Wildman–Crippen MR) is 147 cm³/mol. The van der Waals surface area contributed by atoms with Crippen LogP contribution in [-0.2, 0) is 11.3 Å². The maximum Gasteiger partial charge on any atom is 0.283 e. The lowest BCUT2D eigenvalue weighted by Gasteiger charge is -2.20. The van der Waals surface area contributed by atoms with Crippen LogP contribution in [0, 0.1) is 12.3 Å². The summed E-state index contributed by atoms with van der Waals surface area (Å²) in [6, 6.07) is 19.7. The van der Waals surface area contributed by atoms with E-state index in [4.69, 9.17) is 10.1 Å². The van der Waals surface area contributed by atoms with Gasteiger partial charge in [0, 0.05) is 40.6 Å². The van der Waals surface area contributed by atoms with Gasteiger partial charge in [0.05, 0.1) is 12.1 Å². The van der Waals surface area contributed by atoms with Crippen LogP contribution in [0.4, 0.5) is 0 Å². The molecule has 0 atom stereocenters. The SMILES string of the molecule is Cc1ccc(OCCn2cc(C=C3C(=N)N4N=C(c5cccnc5)SC4=NC3=O)c3ccccc32)cc1. The number of para-hydroxylation sites is 1. The van der Waals surface area contributed by atoms with Gasteiger partial charge in [0.2, 0.25) is 5.17 Å². The first-order valence-corrected chi connectivity index (χ1v) is 12.6. The second-order valence-corrected chi connectivity index (χ2v) is 9.58. The number of aromatic nitrogens is 2. The van der Waals surface area contributed by atoms with Gasteiger partial charge < -0.3 is 9.30 Å². The molecule has 4 aromatic rings. The maximum absolute atomic E-state index is 13.0. The second kappa shape index (κ2) is 9.51. The van der Waals surface area contributed by atoms with Crippen molar-refractivity contribution in [3.8, 4) is 5.75 Å². The van der Waals surface area contributed by atoms with Gasteiger partial charge in [-0.2, -0.15) is 15.1 Å². The molecule has 0 fully saturated rings. The zero-order valence-corrected chi connectivity index (χ0v) is 20.8. The molecule has 37 heavy (non-hydrogen) atoms. The average Bonchev–Trinajstić information content (AvgIpc) is 3.50. The Hall–Kier alpha value is -4.50. The number of amides is 1. The zero-order chi connectivity index (χ0) is 25.4. The fourth-order valence-corrected chi connectivity index (χ4v) is 5.11. The fraction of sp³-hybridized carbons (Fsp3) is 0.107. The van der Waals surface area contributed by atoms with E-state index in [2.05, 4.69) is 19.6 Å². The Morgan fingerprint density at radius 3 is 2.73 bits per heavy atom. The van der Waals surface area contributed by atoms with Crippen molar-refractivity contribution in [3.05, 3.63) is 102 Å². The number of aliphatic imine (C=N–C) groups is 1. The second-order valence-electron chi connectivity index (χ2n) is 8.62. The van der Waals surface area contributed by atoms with E-state index in [1.54, 1.807) is 18.5 Å². The topological polar surface area (TPSA) is 95.9 Å². The summed E-state index contributed by atoms with van der Waals surface area (Å²) in [5.74, 6) is 0.376. The highest BCUT2D eigenvalue weighted by Gasteiger charge is 2.36. The van der Waals surface area contributed by atoms with Crippen LogP contribution in [0.2, 0.25) is 0 Å². The highest BCUT2D eigenvalue weighted by molar-refractivity contribution is 8.27. The molecule has 4 heterocycles. The summed E-state index contributed by atoms with van der Waals surface area (Å²) in [5, 5.41) is 16.7. The number of amidine groups is 2. The van der Waals surface area contributed by atoms with Crippen molar-refractivity contribution in [2.75, 3.05) is 6.61 Å². The summed E-state index contributed by atoms with van der Waals surface area (Å²) >= 11 is 1.26. The summed E-state index contributed by atoms with van der Waals surface area (Å²) in [5.41, 5.74) is 4.05. The van der Waals surface area contributed by atoms with Crippen molar-refractivity contribution in [2.24, 2.45) is 10.1 Å². The summed E-state index contributed by atoms with van der Waals surface area (Å²) in [6.07, 6.45) is 7.10. The van der Waals surface area contributed by atoms with Crippen molar-refractivity contribution in [3.63, 3.8) is 0 Å². The monoisotopic (exact) mass is 506 g/mol. The Balaban J connectivity index is 1.28. The van der Waals surface area contributed by atoms with E-state index in [9.17, 15) is 4.79 Å². The maximum atomic E-state index is 13.0. The van der Waals surface area contributed by atoms with Crippen LogP contribution in [0.3, 0.4) is 0 Å². The smallest absolute Gasteiger partial charge is 0.283 e. The highest BCUT2D eigenvalue weighted by atomic mass is 32.2. The first-order chi connectivity index (χ1) is 18.1. The number of pyridine rings is 1. The lowest BCUT2D eigenvalue weighted by Crippen LogP contribution is -2.35. The van der Waals surface area contributed by atoms with Gasteiger partial charge >= 0.3 is 0 Å². The molecule has 2 aliphatic heterocycles. The molecule has 9 heteroatoms. The Morgan fingerprint density at radius 2 is 1.92 bits per heavy atom. The third-order valence-corrected chi connectivity index (χ3v) is 7.06. The minimum absolute atomic E-state index is 0.000857. The molecule has 0 bridgehead atoms. The van der Waals surface area contributed by atoms with Crippen molar-refractivity contribution in [1.29, 1.82) is 5.41 Å². The van der Waals surface area contributed by atoms with Gasteiger partial charge in [-0.1, -0.05) is 35.9 Å². The summed E-state index contributed by atoms with van der Waals surface area (Å²) < 4.78 is 8.03. The van der Waals surface area contributed by atoms with E-state index in [1.807, 2.05) is 73.8 Å². The Kier molecular flexibility index (Phi) is 5.90. The van der Waals surface area contributed by atoms with Gasteiger partial charge in [-0.3, -0.25) is 15.2 Å². The van der Waals surface area contributed by atoms with E-state index in [-0.39, 0.29) is 11.4 Å². The molecule has 1 amide bonds. The first kappa shape index (κ1) is 22.9. The summed E-state index contributed by atoms with van der Waals surface area (Å²) in [7, 11) is 0. The van der Waals surface area contributed by atoms with Crippen LogP contribution in [0.1, 0.15) is 16.7 Å². The van der Waals surface area contributed by atoms with E-state index in [1.165, 1.54) is 22.3 Å². The fourth-order valence-electron chi connectivity index (χ4n) is 4.23. The van der Waals surface area contributed by atoms with Gasteiger partial charge in [0.15, 0.2) is 5.84 Å². The zero-order valence-electron chi connectivity index (χ0n) is 20.0. The average molecular weight is 507 g/mol. The molecule has 1 N–H and O–H groups in total. The third kappa shape index (κ3) is 4.45. The number of hydrogen-bond acceptors (Lipinski definition) is 6. The first-order valence-electron chi connectivity index (χ1n) is 11.7. The quantitative estimate of drug-likeness (QED) is 0.368. The lowest BCUT2D eigenvalue weighted by atomic mass is 10.1. The molecule has 0 radical (unpaired) electrons. The molecular weight excluding hydrogens is 484 g/mol. The molecule has 6 rings (SSSR count). The van der Waals surface area contributed by atoms with E-state index >= 15 is 0 Å². The van der Waals surface area contributed by atoms with E-state index < -0.39 is 5.91 Å². The van der Waals surface area contributed by atoms with Crippen molar-refractivity contribution < 1.29 is 9.53 Å². The van der Waals surface area contributed by atoms with E-state index in [0.717, 1.165) is 27.8 Å². The number of carbonyl (C=O) groups is 1. The molecule has 2 aromatic heterocycles. The lowest BCUT2D eigenvalue weighted by molar-refractivity contribution is -0.114. The highest BCUT2D eigenvalue weighted by Crippen LogP contribution is 2.32. The molecule has 182 valence electrons. The number of fused-ring (bicyclic) bond motifs is 2. The van der Waals surface area contributed by atoms with Gasteiger partial charge in [-0.05, 0) is 55.1 Å². The van der Waals surface area contributed by atoms with Crippen LogP contribution in [0.15, 0.2) is 94.9 Å². The van der Waals surface area contributed by atoms with E-state index in [0.29, 0.717) is 23.4 Å². The Labute approximate surface area is 217 Å². The number of thioether (sulfide) groups is 1. The molecule has 0 saturated heterocycles. The molecule has 0 unspecified atom stereocenters. The van der Waals surface area contributed by atoms with Crippen molar-refractivity contribution in [1.82, 2.24) is 14.6 Å². The number of nitrogens with one attached hydrogen (secondary N) is 1. The van der Waals surface area contributed by atoms with Crippen LogP contribution < -0.4 is 4.74 Å². The van der Waals surface area contributed by atoms with Crippen LogP contribution in [0.25, 0.3) is 17.0 Å². The molecule has 2 aliphatic rings. The Morgan fingerprint density at radius 1 is 1.08 bits per heavy atom. The molecule has 0 aliphatic carbocycles. The number of rotatable bonds is 6. The van der Waals surface area contributed by atoms with Gasteiger partial charge in [-0.25, -0.2) is 0 Å². The standard InChI is InChI=1S/C28H22N6O2S/c1-18-8-10-21(11-9-18)36-14-13-33-17-20(22-6-2-3-7-24(22)33)15-23-25(29)34-28(31-26(23)35)37-27(32-34)19-5-4-12-30-16-19/h2-12,15-17,29H,13-14H2,1H3. The normalized spacial score (nSPS) is 16.2. The molecule has 0 saturated carbocycles. The minimum atomic E-state index is -0.453. The number of aryl methyl sites for hydroxylation is 1. The molecule has 2 aromatic carbocycles. The van der Waals surface area contributed by atoms with Gasteiger partial charge in [-0.15, -0.1) is 0 Å². The number of hydrazone groups is 1. The van der Waals surface area contributed by atoms with Crippen molar-refractivity contribution >= 4 is 50.7 Å². The van der Waals surface area contributed by atoms with Gasteiger partial charge in [0.1, 0.15) is 17.4 Å². The van der Waals surface area contributed by atoms with Crippen molar-refractivity contribution in [2.45, 2.75) is 13.5 Å². The number of benzene rings is 2. The Bertz CT molecular complexity index is 1620. The van der Waals surface area contributed by atoms with Gasteiger partial charge in [0.25, 0.3) is 5.91 Å². The largest absolute Gasteiger partial charge is 0.492 e. The number of ether oxygens (including phenoxy) is 1.